The molecule has 1 aromatic carbocycles. The van der Waals surface area contributed by atoms with Crippen molar-refractivity contribution in [1.29, 1.82) is 0 Å². The highest BCUT2D eigenvalue weighted by molar-refractivity contribution is 6.07. The van der Waals surface area contributed by atoms with Crippen LogP contribution < -0.4 is 20.9 Å². The Hall–Kier alpha value is -2.57. The van der Waals surface area contributed by atoms with E-state index in [4.69, 9.17) is 0 Å². The first kappa shape index (κ1) is 15.0. The summed E-state index contributed by atoms with van der Waals surface area (Å²) < 4.78 is 0. The van der Waals surface area contributed by atoms with Crippen LogP contribution in [0.1, 0.15) is 24.8 Å². The average molecular weight is 328 g/mol. The van der Waals surface area contributed by atoms with Crippen molar-refractivity contribution < 1.29 is 14.4 Å². The van der Waals surface area contributed by atoms with E-state index in [0.717, 1.165) is 24.9 Å². The largest absolute Gasteiger partial charge is 0.337 e. The Kier molecular flexibility index (Phi) is 3.44. The zero-order valence-electron chi connectivity index (χ0n) is 13.3. The van der Waals surface area contributed by atoms with Crippen LogP contribution in [0.5, 0.6) is 0 Å². The van der Waals surface area contributed by atoms with Gasteiger partial charge in [0.05, 0.1) is 0 Å². The highest BCUT2D eigenvalue weighted by Crippen LogP contribution is 2.37. The van der Waals surface area contributed by atoms with E-state index >= 15 is 0 Å². The zero-order valence-corrected chi connectivity index (χ0v) is 13.3. The Bertz CT molecular complexity index is 720. The predicted octanol–water partition coefficient (Wildman–Crippen LogP) is 1.14. The molecule has 5 amide bonds. The number of nitrogens with one attached hydrogen (secondary N) is 3. The van der Waals surface area contributed by atoms with Gasteiger partial charge in [0.25, 0.3) is 5.91 Å². The molecular weight excluding hydrogens is 308 g/mol. The quantitative estimate of drug-likeness (QED) is 0.711. The van der Waals surface area contributed by atoms with Gasteiger partial charge in [-0.05, 0) is 30.9 Å². The number of benzene rings is 1. The van der Waals surface area contributed by atoms with Crippen LogP contribution in [0.25, 0.3) is 0 Å². The van der Waals surface area contributed by atoms with Crippen molar-refractivity contribution in [2.75, 3.05) is 18.0 Å². The first-order valence-electron chi connectivity index (χ1n) is 8.37. The second kappa shape index (κ2) is 5.51. The summed E-state index contributed by atoms with van der Waals surface area (Å²) in [6, 6.07) is 7.30. The fourth-order valence-corrected chi connectivity index (χ4v) is 4.18. The third kappa shape index (κ3) is 2.23. The lowest BCUT2D eigenvalue weighted by molar-refractivity contribution is -0.125. The molecule has 2 fully saturated rings. The standard InChI is InChI=1S/C17H20N4O3/c22-14-17(20-15(23)19-14)8-3-5-12(17)10-18-16(24)21-9-7-11-4-1-2-6-13(11)21/h1-2,4,6,12H,3,5,7-10H2,(H,18,24)(H2,19,20,22,23)/t12-,17+/m0/s1. The summed E-state index contributed by atoms with van der Waals surface area (Å²) in [7, 11) is 0. The van der Waals surface area contributed by atoms with Crippen LogP contribution in [0.3, 0.4) is 0 Å². The number of carbonyl (C=O) groups excluding carboxylic acids is 3. The Morgan fingerprint density at radius 3 is 2.96 bits per heavy atom. The topological polar surface area (TPSA) is 90.5 Å². The van der Waals surface area contributed by atoms with E-state index in [1.807, 2.05) is 24.3 Å². The maximum absolute atomic E-state index is 12.5. The normalized spacial score (nSPS) is 28.0. The predicted molar refractivity (Wildman–Crippen MR) is 87.6 cm³/mol. The molecule has 1 saturated heterocycles. The number of hydrogen-bond donors (Lipinski definition) is 3. The molecule has 24 heavy (non-hydrogen) atoms. The highest BCUT2D eigenvalue weighted by atomic mass is 16.2. The molecule has 4 rings (SSSR count). The van der Waals surface area contributed by atoms with E-state index in [9.17, 15) is 14.4 Å². The minimum absolute atomic E-state index is 0.0780. The number of anilines is 1. The summed E-state index contributed by atoms with van der Waals surface area (Å²) in [4.78, 5) is 38.0. The van der Waals surface area contributed by atoms with Crippen LogP contribution in [0.2, 0.25) is 0 Å². The summed E-state index contributed by atoms with van der Waals surface area (Å²) in [5.74, 6) is -0.346. The van der Waals surface area contributed by atoms with Gasteiger partial charge in [-0.2, -0.15) is 0 Å². The molecule has 3 aliphatic rings. The summed E-state index contributed by atoms with van der Waals surface area (Å²) in [5, 5.41) is 8.05. The number of imide groups is 1. The van der Waals surface area contributed by atoms with E-state index in [1.54, 1.807) is 4.90 Å². The van der Waals surface area contributed by atoms with Gasteiger partial charge in [0, 0.05) is 24.7 Å². The molecule has 1 spiro atoms. The van der Waals surface area contributed by atoms with E-state index in [0.29, 0.717) is 19.5 Å². The smallest absolute Gasteiger partial charge is 0.322 e. The molecule has 1 saturated carbocycles. The van der Waals surface area contributed by atoms with Gasteiger partial charge in [-0.15, -0.1) is 0 Å². The molecule has 7 heteroatoms. The lowest BCUT2D eigenvalue weighted by Gasteiger charge is -2.29. The maximum atomic E-state index is 12.5. The van der Waals surface area contributed by atoms with Gasteiger partial charge in [-0.3, -0.25) is 15.0 Å². The van der Waals surface area contributed by atoms with E-state index in [2.05, 4.69) is 16.0 Å². The lowest BCUT2D eigenvalue weighted by Crippen LogP contribution is -2.54. The van der Waals surface area contributed by atoms with Gasteiger partial charge < -0.3 is 10.6 Å². The van der Waals surface area contributed by atoms with Crippen molar-refractivity contribution in [3.8, 4) is 0 Å². The van der Waals surface area contributed by atoms with Gasteiger partial charge in [0.1, 0.15) is 5.54 Å². The van der Waals surface area contributed by atoms with Crippen molar-refractivity contribution >= 4 is 23.7 Å². The summed E-state index contributed by atoms with van der Waals surface area (Å²) in [5.41, 5.74) is 1.27. The number of carbonyl (C=O) groups is 3. The molecule has 0 aromatic heterocycles. The highest BCUT2D eigenvalue weighted by Gasteiger charge is 2.54. The molecule has 2 aliphatic heterocycles. The van der Waals surface area contributed by atoms with Crippen molar-refractivity contribution in [1.82, 2.24) is 16.0 Å². The minimum Gasteiger partial charge on any atom is -0.337 e. The van der Waals surface area contributed by atoms with Gasteiger partial charge in [-0.1, -0.05) is 24.6 Å². The van der Waals surface area contributed by atoms with E-state index in [-0.39, 0.29) is 17.9 Å². The SMILES string of the molecule is O=C1NC(=O)[C@]2(CCC[C@H]2CNC(=O)N2CCc3ccccc32)N1. The van der Waals surface area contributed by atoms with Crippen LogP contribution >= 0.6 is 0 Å². The molecule has 3 N–H and O–H groups in total. The minimum atomic E-state index is -0.854. The van der Waals surface area contributed by atoms with Gasteiger partial charge in [0.2, 0.25) is 0 Å². The Balaban J connectivity index is 1.43. The zero-order chi connectivity index (χ0) is 16.7. The van der Waals surface area contributed by atoms with Crippen molar-refractivity contribution in [3.05, 3.63) is 29.8 Å². The Morgan fingerprint density at radius 2 is 2.17 bits per heavy atom. The number of nitrogens with zero attached hydrogens (tertiary/aromatic N) is 1. The van der Waals surface area contributed by atoms with Gasteiger partial charge >= 0.3 is 12.1 Å². The van der Waals surface area contributed by atoms with Crippen molar-refractivity contribution in [2.24, 2.45) is 5.92 Å². The summed E-state index contributed by atoms with van der Waals surface area (Å²) >= 11 is 0. The second-order valence-corrected chi connectivity index (χ2v) is 6.69. The molecule has 0 bridgehead atoms. The fourth-order valence-electron chi connectivity index (χ4n) is 4.18. The van der Waals surface area contributed by atoms with Gasteiger partial charge in [-0.25, -0.2) is 9.59 Å². The van der Waals surface area contributed by atoms with Crippen molar-refractivity contribution in [3.63, 3.8) is 0 Å². The van der Waals surface area contributed by atoms with Crippen LogP contribution in [0, 0.1) is 5.92 Å². The summed E-state index contributed by atoms with van der Waals surface area (Å²) in [6.45, 7) is 1.05. The first-order chi connectivity index (χ1) is 11.6. The van der Waals surface area contributed by atoms with Crippen LogP contribution in [0.4, 0.5) is 15.3 Å². The molecule has 2 heterocycles. The number of fused-ring (bicyclic) bond motifs is 1. The van der Waals surface area contributed by atoms with E-state index in [1.165, 1.54) is 5.56 Å². The average Bonchev–Trinajstić information content (AvgIpc) is 3.24. The third-order valence-electron chi connectivity index (χ3n) is 5.42. The van der Waals surface area contributed by atoms with Crippen LogP contribution in [0.15, 0.2) is 24.3 Å². The Morgan fingerprint density at radius 1 is 1.33 bits per heavy atom. The van der Waals surface area contributed by atoms with Crippen LogP contribution in [-0.2, 0) is 11.2 Å². The molecule has 0 radical (unpaired) electrons. The second-order valence-electron chi connectivity index (χ2n) is 6.69. The molecule has 126 valence electrons. The lowest BCUT2D eigenvalue weighted by atomic mass is 9.87. The Labute approximate surface area is 139 Å². The molecule has 7 nitrogen and oxygen atoms in total. The first-order valence-corrected chi connectivity index (χ1v) is 8.37. The molecule has 0 unspecified atom stereocenters. The third-order valence-corrected chi connectivity index (χ3v) is 5.42. The van der Waals surface area contributed by atoms with Crippen molar-refractivity contribution in [2.45, 2.75) is 31.2 Å². The number of amides is 5. The van der Waals surface area contributed by atoms with Crippen LogP contribution in [-0.4, -0.2) is 36.6 Å². The van der Waals surface area contributed by atoms with E-state index < -0.39 is 11.6 Å². The molecule has 2 atom stereocenters. The molecule has 1 aromatic rings. The number of urea groups is 2. The van der Waals surface area contributed by atoms with Gasteiger partial charge in [0.15, 0.2) is 0 Å². The monoisotopic (exact) mass is 328 g/mol. The molecule has 1 aliphatic carbocycles. The summed E-state index contributed by atoms with van der Waals surface area (Å²) in [6.07, 6.45) is 3.15. The maximum Gasteiger partial charge on any atom is 0.322 e. The molecular formula is C17H20N4O3. The number of rotatable bonds is 2. The number of hydrogen-bond acceptors (Lipinski definition) is 3. The fraction of sp³-hybridized carbons (Fsp3) is 0.471. The number of para-hydroxylation sites is 1.